The van der Waals surface area contributed by atoms with Crippen molar-refractivity contribution in [3.05, 3.63) is 35.9 Å². The third-order valence-electron chi connectivity index (χ3n) is 3.91. The van der Waals surface area contributed by atoms with Crippen LogP contribution in [0, 0.1) is 0 Å². The maximum atomic E-state index is 11.8. The summed E-state index contributed by atoms with van der Waals surface area (Å²) in [6.45, 7) is 1.55. The Morgan fingerprint density at radius 3 is 2.76 bits per heavy atom. The van der Waals surface area contributed by atoms with Gasteiger partial charge in [0.2, 0.25) is 5.78 Å². The number of hydrogen-bond acceptors (Lipinski definition) is 3. The van der Waals surface area contributed by atoms with Gasteiger partial charge in [0.15, 0.2) is 0 Å². The maximum Gasteiger partial charge on any atom is 0.287 e. The number of nitrogens with one attached hydrogen (secondary N) is 2. The molecule has 1 aromatic rings. The summed E-state index contributed by atoms with van der Waals surface area (Å²) in [5.74, 6) is -0.774. The van der Waals surface area contributed by atoms with E-state index in [-0.39, 0.29) is 12.2 Å². The molecule has 4 nitrogen and oxygen atoms in total. The van der Waals surface area contributed by atoms with Crippen molar-refractivity contribution in [2.45, 2.75) is 44.6 Å². The molecule has 1 fully saturated rings. The molecule has 4 heteroatoms. The number of carbonyl (C=O) groups is 2. The highest BCUT2D eigenvalue weighted by atomic mass is 16.2. The Balaban J connectivity index is 1.68. The molecule has 1 saturated heterocycles. The lowest BCUT2D eigenvalue weighted by Crippen LogP contribution is -2.42. The fraction of sp³-hybridized carbons (Fsp3) is 0.529. The second-order valence-electron chi connectivity index (χ2n) is 5.62. The van der Waals surface area contributed by atoms with Crippen LogP contribution in [0.4, 0.5) is 0 Å². The SMILES string of the molecule is O=C(CCc1ccccc1)C(=O)NC[C@H]1CCCCCN1. The van der Waals surface area contributed by atoms with Gasteiger partial charge in [0, 0.05) is 19.0 Å². The van der Waals surface area contributed by atoms with Crippen molar-refractivity contribution in [2.75, 3.05) is 13.1 Å². The largest absolute Gasteiger partial charge is 0.348 e. The molecule has 0 radical (unpaired) electrons. The van der Waals surface area contributed by atoms with Crippen LogP contribution in [0.25, 0.3) is 0 Å². The lowest BCUT2D eigenvalue weighted by Gasteiger charge is -2.16. The topological polar surface area (TPSA) is 58.2 Å². The van der Waals surface area contributed by atoms with Gasteiger partial charge in [-0.15, -0.1) is 0 Å². The van der Waals surface area contributed by atoms with Crippen molar-refractivity contribution in [2.24, 2.45) is 0 Å². The smallest absolute Gasteiger partial charge is 0.287 e. The van der Waals surface area contributed by atoms with Gasteiger partial charge in [-0.1, -0.05) is 43.2 Å². The Kier molecular flexibility index (Phi) is 6.41. The first-order chi connectivity index (χ1) is 10.3. The number of amides is 1. The van der Waals surface area contributed by atoms with Gasteiger partial charge in [0.05, 0.1) is 0 Å². The van der Waals surface area contributed by atoms with E-state index in [9.17, 15) is 9.59 Å². The number of hydrogen-bond donors (Lipinski definition) is 2. The van der Waals surface area contributed by atoms with Gasteiger partial charge >= 0.3 is 0 Å². The van der Waals surface area contributed by atoms with E-state index in [0.29, 0.717) is 19.0 Å². The van der Waals surface area contributed by atoms with Crippen LogP contribution < -0.4 is 10.6 Å². The summed E-state index contributed by atoms with van der Waals surface area (Å²) in [6, 6.07) is 10.1. The van der Waals surface area contributed by atoms with Crippen LogP contribution in [0.5, 0.6) is 0 Å². The second kappa shape index (κ2) is 8.57. The first-order valence-electron chi connectivity index (χ1n) is 7.84. The second-order valence-corrected chi connectivity index (χ2v) is 5.62. The van der Waals surface area contributed by atoms with E-state index in [1.165, 1.54) is 19.3 Å². The lowest BCUT2D eigenvalue weighted by atomic mass is 10.1. The number of carbonyl (C=O) groups excluding carboxylic acids is 2. The summed E-state index contributed by atoms with van der Waals surface area (Å²) in [5, 5.41) is 6.17. The first-order valence-corrected chi connectivity index (χ1v) is 7.84. The number of aryl methyl sites for hydroxylation is 1. The molecule has 1 aliphatic rings. The van der Waals surface area contributed by atoms with Crippen molar-refractivity contribution < 1.29 is 9.59 Å². The van der Waals surface area contributed by atoms with Crippen LogP contribution in [0.15, 0.2) is 30.3 Å². The van der Waals surface area contributed by atoms with Crippen molar-refractivity contribution in [1.82, 2.24) is 10.6 Å². The molecule has 1 aliphatic heterocycles. The highest BCUT2D eigenvalue weighted by Gasteiger charge is 2.16. The summed E-state index contributed by atoms with van der Waals surface area (Å²) < 4.78 is 0. The molecular weight excluding hydrogens is 264 g/mol. The lowest BCUT2D eigenvalue weighted by molar-refractivity contribution is -0.137. The van der Waals surface area contributed by atoms with E-state index in [0.717, 1.165) is 18.5 Å². The molecule has 1 aromatic carbocycles. The van der Waals surface area contributed by atoms with Gasteiger partial charge < -0.3 is 10.6 Å². The fourth-order valence-corrected chi connectivity index (χ4v) is 2.61. The molecule has 1 heterocycles. The van der Waals surface area contributed by atoms with E-state index in [1.807, 2.05) is 30.3 Å². The standard InChI is InChI=1S/C17H24N2O2/c20-16(11-10-14-7-3-1-4-8-14)17(21)19-13-15-9-5-2-6-12-18-15/h1,3-4,7-8,15,18H,2,5-6,9-13H2,(H,19,21)/t15-/m1/s1. The van der Waals surface area contributed by atoms with E-state index in [1.54, 1.807) is 0 Å². The van der Waals surface area contributed by atoms with Gasteiger partial charge in [-0.05, 0) is 31.4 Å². The summed E-state index contributed by atoms with van der Waals surface area (Å²) in [7, 11) is 0. The van der Waals surface area contributed by atoms with Crippen LogP contribution >= 0.6 is 0 Å². The van der Waals surface area contributed by atoms with Gasteiger partial charge in [-0.3, -0.25) is 9.59 Å². The zero-order valence-corrected chi connectivity index (χ0v) is 12.4. The Hall–Kier alpha value is -1.68. The third kappa shape index (κ3) is 5.68. The molecule has 2 N–H and O–H groups in total. The number of rotatable bonds is 6. The molecule has 21 heavy (non-hydrogen) atoms. The monoisotopic (exact) mass is 288 g/mol. The van der Waals surface area contributed by atoms with E-state index >= 15 is 0 Å². The molecular formula is C17H24N2O2. The first kappa shape index (κ1) is 15.7. The summed E-state index contributed by atoms with van der Waals surface area (Å²) in [6.07, 6.45) is 5.59. The normalized spacial score (nSPS) is 18.8. The predicted octanol–water partition coefficient (Wildman–Crippen LogP) is 1.84. The average Bonchev–Trinajstić information content (AvgIpc) is 2.80. The molecule has 114 valence electrons. The minimum absolute atomic E-state index is 0.272. The van der Waals surface area contributed by atoms with Crippen LogP contribution in [0.1, 0.15) is 37.7 Å². The molecule has 1 atom stereocenters. The Morgan fingerprint density at radius 1 is 1.14 bits per heavy atom. The van der Waals surface area contributed by atoms with Crippen molar-refractivity contribution in [1.29, 1.82) is 0 Å². The van der Waals surface area contributed by atoms with Crippen LogP contribution in [-0.2, 0) is 16.0 Å². The van der Waals surface area contributed by atoms with Crippen LogP contribution in [-0.4, -0.2) is 30.8 Å². The van der Waals surface area contributed by atoms with Crippen LogP contribution in [0.3, 0.4) is 0 Å². The maximum absolute atomic E-state index is 11.8. The molecule has 0 spiro atoms. The van der Waals surface area contributed by atoms with Gasteiger partial charge in [0.1, 0.15) is 0 Å². The fourth-order valence-electron chi connectivity index (χ4n) is 2.61. The summed E-state index contributed by atoms with van der Waals surface area (Å²) >= 11 is 0. The molecule has 2 rings (SSSR count). The van der Waals surface area contributed by atoms with Gasteiger partial charge in [0.25, 0.3) is 5.91 Å². The van der Waals surface area contributed by atoms with Crippen LogP contribution in [0.2, 0.25) is 0 Å². The molecule has 0 unspecified atom stereocenters. The molecule has 0 aromatic heterocycles. The minimum Gasteiger partial charge on any atom is -0.348 e. The van der Waals surface area contributed by atoms with E-state index in [4.69, 9.17) is 0 Å². The Morgan fingerprint density at radius 2 is 1.95 bits per heavy atom. The molecule has 0 bridgehead atoms. The van der Waals surface area contributed by atoms with Gasteiger partial charge in [-0.25, -0.2) is 0 Å². The third-order valence-corrected chi connectivity index (χ3v) is 3.91. The summed E-state index contributed by atoms with van der Waals surface area (Å²) in [4.78, 5) is 23.6. The number of Topliss-reactive ketones (excluding diaryl/α,β-unsaturated/α-hetero) is 1. The minimum atomic E-state index is -0.447. The van der Waals surface area contributed by atoms with E-state index in [2.05, 4.69) is 10.6 Å². The van der Waals surface area contributed by atoms with Crippen molar-refractivity contribution >= 4 is 11.7 Å². The molecule has 0 aliphatic carbocycles. The highest BCUT2D eigenvalue weighted by molar-refractivity contribution is 6.36. The predicted molar refractivity (Wildman–Crippen MR) is 83.0 cm³/mol. The zero-order chi connectivity index (χ0) is 14.9. The Labute approximate surface area is 126 Å². The number of ketones is 1. The average molecular weight is 288 g/mol. The Bertz CT molecular complexity index is 451. The quantitative estimate of drug-likeness (QED) is 0.785. The highest BCUT2D eigenvalue weighted by Crippen LogP contribution is 2.07. The molecule has 0 saturated carbocycles. The zero-order valence-electron chi connectivity index (χ0n) is 12.4. The van der Waals surface area contributed by atoms with Crippen molar-refractivity contribution in [3.8, 4) is 0 Å². The summed E-state index contributed by atoms with van der Waals surface area (Å²) in [5.41, 5.74) is 1.09. The van der Waals surface area contributed by atoms with E-state index < -0.39 is 5.91 Å². The number of benzene rings is 1. The van der Waals surface area contributed by atoms with Gasteiger partial charge in [-0.2, -0.15) is 0 Å². The molecule has 1 amide bonds. The van der Waals surface area contributed by atoms with Crippen molar-refractivity contribution in [3.63, 3.8) is 0 Å².